The molecule has 2 heterocycles. The van der Waals surface area contributed by atoms with Crippen molar-refractivity contribution >= 4 is 0 Å². The van der Waals surface area contributed by atoms with Crippen LogP contribution in [0.4, 0.5) is 8.78 Å². The van der Waals surface area contributed by atoms with Crippen LogP contribution in [0.3, 0.4) is 0 Å². The third-order valence-electron chi connectivity index (χ3n) is 1.81. The summed E-state index contributed by atoms with van der Waals surface area (Å²) in [7, 11) is 0. The van der Waals surface area contributed by atoms with Gasteiger partial charge in [-0.1, -0.05) is 0 Å². The first-order chi connectivity index (χ1) is 6.77. The minimum atomic E-state index is -1.08. The van der Waals surface area contributed by atoms with Gasteiger partial charge in [-0.15, -0.1) is 0 Å². The molecule has 0 saturated carbocycles. The number of aromatic nitrogens is 2. The average Bonchev–Trinajstić information content (AvgIpc) is 2.23. The maximum absolute atomic E-state index is 12.8. The molecule has 2 aromatic heterocycles. The molecule has 0 radical (unpaired) electrons. The maximum Gasteiger partial charge on any atom is 0.248 e. The van der Waals surface area contributed by atoms with E-state index in [1.807, 2.05) is 0 Å². The quantitative estimate of drug-likeness (QED) is 0.648. The van der Waals surface area contributed by atoms with Gasteiger partial charge in [-0.3, -0.25) is 4.98 Å². The third kappa shape index (κ3) is 1.59. The van der Waals surface area contributed by atoms with Gasteiger partial charge in [0.15, 0.2) is 5.82 Å². The standard InChI is InChI=1S/C10H6F2N2/c11-9-5-8(6-14-10(9)12)7-1-3-13-4-2-7/h1-6H. The lowest BCUT2D eigenvalue weighted by Crippen LogP contribution is -1.90. The minimum Gasteiger partial charge on any atom is -0.265 e. The largest absolute Gasteiger partial charge is 0.265 e. The normalized spacial score (nSPS) is 10.1. The van der Waals surface area contributed by atoms with Crippen LogP contribution in [0.1, 0.15) is 0 Å². The summed E-state index contributed by atoms with van der Waals surface area (Å²) >= 11 is 0. The topological polar surface area (TPSA) is 25.8 Å². The Hall–Kier alpha value is -1.84. The summed E-state index contributed by atoms with van der Waals surface area (Å²) in [5.74, 6) is -2.03. The molecule has 2 aromatic rings. The Bertz CT molecular complexity index is 443. The Morgan fingerprint density at radius 1 is 1.00 bits per heavy atom. The van der Waals surface area contributed by atoms with Crippen LogP contribution in [0.5, 0.6) is 0 Å². The fourth-order valence-electron chi connectivity index (χ4n) is 1.12. The van der Waals surface area contributed by atoms with Gasteiger partial charge < -0.3 is 0 Å². The molecule has 2 nitrogen and oxygen atoms in total. The molecule has 0 aromatic carbocycles. The maximum atomic E-state index is 12.8. The molecule has 2 rings (SSSR count). The second-order valence-corrected chi connectivity index (χ2v) is 2.73. The molecule has 0 saturated heterocycles. The highest BCUT2D eigenvalue weighted by molar-refractivity contribution is 5.61. The summed E-state index contributed by atoms with van der Waals surface area (Å²) in [6, 6.07) is 4.51. The van der Waals surface area contributed by atoms with Gasteiger partial charge in [-0.25, -0.2) is 9.37 Å². The van der Waals surface area contributed by atoms with Gasteiger partial charge in [-0.05, 0) is 23.8 Å². The van der Waals surface area contributed by atoms with Crippen LogP contribution >= 0.6 is 0 Å². The van der Waals surface area contributed by atoms with E-state index >= 15 is 0 Å². The Morgan fingerprint density at radius 3 is 2.36 bits per heavy atom. The summed E-state index contributed by atoms with van der Waals surface area (Å²) in [6.45, 7) is 0. The van der Waals surface area contributed by atoms with Gasteiger partial charge in [0, 0.05) is 24.2 Å². The first-order valence-corrected chi connectivity index (χ1v) is 3.99. The molecular formula is C10H6F2N2. The second-order valence-electron chi connectivity index (χ2n) is 2.73. The number of hydrogen-bond acceptors (Lipinski definition) is 2. The van der Waals surface area contributed by atoms with Crippen molar-refractivity contribution in [2.24, 2.45) is 0 Å². The molecule has 4 heteroatoms. The predicted octanol–water partition coefficient (Wildman–Crippen LogP) is 2.42. The van der Waals surface area contributed by atoms with E-state index in [9.17, 15) is 8.78 Å². The average molecular weight is 192 g/mol. The first-order valence-electron chi connectivity index (χ1n) is 3.99. The van der Waals surface area contributed by atoms with Gasteiger partial charge in [0.05, 0.1) is 0 Å². The highest BCUT2D eigenvalue weighted by Gasteiger charge is 2.04. The van der Waals surface area contributed by atoms with E-state index in [-0.39, 0.29) is 0 Å². The lowest BCUT2D eigenvalue weighted by molar-refractivity contribution is 0.480. The molecule has 0 aliphatic carbocycles. The molecule has 0 aliphatic rings. The smallest absolute Gasteiger partial charge is 0.248 e. The fraction of sp³-hybridized carbons (Fsp3) is 0. The van der Waals surface area contributed by atoms with E-state index in [4.69, 9.17) is 0 Å². The molecule has 0 amide bonds. The predicted molar refractivity (Wildman–Crippen MR) is 47.4 cm³/mol. The lowest BCUT2D eigenvalue weighted by Gasteiger charge is -2.00. The monoisotopic (exact) mass is 192 g/mol. The molecule has 70 valence electrons. The van der Waals surface area contributed by atoms with Crippen LogP contribution in [0.2, 0.25) is 0 Å². The molecule has 0 spiro atoms. The summed E-state index contributed by atoms with van der Waals surface area (Å²) in [4.78, 5) is 7.12. The van der Waals surface area contributed by atoms with Crippen molar-refractivity contribution in [3.63, 3.8) is 0 Å². The Morgan fingerprint density at radius 2 is 1.71 bits per heavy atom. The zero-order valence-electron chi connectivity index (χ0n) is 7.11. The van der Waals surface area contributed by atoms with E-state index in [0.717, 1.165) is 11.6 Å². The Balaban J connectivity index is 2.48. The van der Waals surface area contributed by atoms with Crippen molar-refractivity contribution in [2.45, 2.75) is 0 Å². The molecule has 0 unspecified atom stereocenters. The van der Waals surface area contributed by atoms with E-state index in [1.54, 1.807) is 24.5 Å². The third-order valence-corrected chi connectivity index (χ3v) is 1.81. The van der Waals surface area contributed by atoms with Crippen molar-refractivity contribution in [2.75, 3.05) is 0 Å². The van der Waals surface area contributed by atoms with E-state index in [1.165, 1.54) is 6.20 Å². The molecule has 0 N–H and O–H groups in total. The summed E-state index contributed by atoms with van der Waals surface area (Å²) in [5.41, 5.74) is 1.29. The van der Waals surface area contributed by atoms with Gasteiger partial charge in [0.2, 0.25) is 5.95 Å². The minimum absolute atomic E-state index is 0.534. The van der Waals surface area contributed by atoms with Gasteiger partial charge in [0.25, 0.3) is 0 Å². The van der Waals surface area contributed by atoms with Crippen molar-refractivity contribution < 1.29 is 8.78 Å². The van der Waals surface area contributed by atoms with Crippen molar-refractivity contribution in [1.29, 1.82) is 0 Å². The Kier molecular flexibility index (Phi) is 2.18. The van der Waals surface area contributed by atoms with Crippen LogP contribution < -0.4 is 0 Å². The summed E-state index contributed by atoms with van der Waals surface area (Å²) in [5, 5.41) is 0. The molecule has 14 heavy (non-hydrogen) atoms. The number of hydrogen-bond donors (Lipinski definition) is 0. The summed E-state index contributed by atoms with van der Waals surface area (Å²) < 4.78 is 25.3. The van der Waals surface area contributed by atoms with E-state index in [0.29, 0.717) is 5.56 Å². The molecule has 0 bridgehead atoms. The molecule has 0 fully saturated rings. The van der Waals surface area contributed by atoms with E-state index in [2.05, 4.69) is 9.97 Å². The molecule has 0 aliphatic heterocycles. The second kappa shape index (κ2) is 3.49. The van der Waals surface area contributed by atoms with Gasteiger partial charge >= 0.3 is 0 Å². The van der Waals surface area contributed by atoms with Gasteiger partial charge in [-0.2, -0.15) is 4.39 Å². The van der Waals surface area contributed by atoms with Crippen LogP contribution in [0.15, 0.2) is 36.8 Å². The van der Waals surface area contributed by atoms with Crippen LogP contribution in [0.25, 0.3) is 11.1 Å². The zero-order valence-corrected chi connectivity index (χ0v) is 7.11. The van der Waals surface area contributed by atoms with Gasteiger partial charge in [0.1, 0.15) is 0 Å². The molecular weight excluding hydrogens is 186 g/mol. The van der Waals surface area contributed by atoms with Crippen LogP contribution in [-0.4, -0.2) is 9.97 Å². The SMILES string of the molecule is Fc1cc(-c2ccncc2)cnc1F. The fourth-order valence-corrected chi connectivity index (χ4v) is 1.12. The van der Waals surface area contributed by atoms with Crippen molar-refractivity contribution in [3.05, 3.63) is 48.6 Å². The summed E-state index contributed by atoms with van der Waals surface area (Å²) in [6.07, 6.45) is 4.45. The van der Waals surface area contributed by atoms with Crippen LogP contribution in [0, 0.1) is 11.8 Å². The number of pyridine rings is 2. The highest BCUT2D eigenvalue weighted by atomic mass is 19.2. The zero-order chi connectivity index (χ0) is 9.97. The van der Waals surface area contributed by atoms with Crippen LogP contribution in [-0.2, 0) is 0 Å². The highest BCUT2D eigenvalue weighted by Crippen LogP contribution is 2.18. The lowest BCUT2D eigenvalue weighted by atomic mass is 10.1. The number of nitrogens with zero attached hydrogens (tertiary/aromatic N) is 2. The Labute approximate surface area is 79.3 Å². The number of halogens is 2. The molecule has 0 atom stereocenters. The van der Waals surface area contributed by atoms with E-state index < -0.39 is 11.8 Å². The van der Waals surface area contributed by atoms with Crippen molar-refractivity contribution in [1.82, 2.24) is 9.97 Å². The van der Waals surface area contributed by atoms with Crippen molar-refractivity contribution in [3.8, 4) is 11.1 Å². The number of rotatable bonds is 1. The first kappa shape index (κ1) is 8.74.